The lowest BCUT2D eigenvalue weighted by Gasteiger charge is -2.32. The van der Waals surface area contributed by atoms with Gasteiger partial charge in [0.1, 0.15) is 0 Å². The van der Waals surface area contributed by atoms with Gasteiger partial charge in [-0.2, -0.15) is 0 Å². The van der Waals surface area contributed by atoms with E-state index in [4.69, 9.17) is 0 Å². The number of rotatable bonds is 2. The predicted molar refractivity (Wildman–Crippen MR) is 74.0 cm³/mol. The van der Waals surface area contributed by atoms with Crippen LogP contribution in [0.2, 0.25) is 0 Å². The van der Waals surface area contributed by atoms with E-state index in [-0.39, 0.29) is 17.9 Å². The summed E-state index contributed by atoms with van der Waals surface area (Å²) >= 11 is 0. The Morgan fingerprint density at radius 3 is 2.58 bits per heavy atom. The van der Waals surface area contributed by atoms with Crippen molar-refractivity contribution in [1.29, 1.82) is 0 Å². The van der Waals surface area contributed by atoms with Crippen LogP contribution in [0.1, 0.15) is 30.5 Å². The van der Waals surface area contributed by atoms with Gasteiger partial charge in [-0.1, -0.05) is 24.3 Å². The van der Waals surface area contributed by atoms with Gasteiger partial charge in [-0.05, 0) is 17.2 Å². The van der Waals surface area contributed by atoms with E-state index in [0.29, 0.717) is 6.42 Å². The highest BCUT2D eigenvalue weighted by molar-refractivity contribution is 5.81. The third-order valence-electron chi connectivity index (χ3n) is 3.34. The lowest BCUT2D eigenvalue weighted by molar-refractivity contribution is -0.132. The number of carbonyl (C=O) groups is 2. The first-order chi connectivity index (χ1) is 9.00. The molecule has 4 nitrogen and oxygen atoms in total. The number of fused-ring (bicyclic) bond motifs is 1. The fourth-order valence-corrected chi connectivity index (χ4v) is 2.26. The molecular formula is C15H18N2O2. The molecule has 2 rings (SSSR count). The van der Waals surface area contributed by atoms with Gasteiger partial charge < -0.3 is 9.80 Å². The molecule has 1 aromatic carbocycles. The third kappa shape index (κ3) is 2.67. The van der Waals surface area contributed by atoms with Crippen LogP contribution >= 0.6 is 0 Å². The maximum absolute atomic E-state index is 12.0. The van der Waals surface area contributed by atoms with Crippen LogP contribution in [0.5, 0.6) is 0 Å². The van der Waals surface area contributed by atoms with E-state index >= 15 is 0 Å². The number of nitrogens with zero attached hydrogens (tertiary/aromatic N) is 2. The van der Waals surface area contributed by atoms with Crippen molar-refractivity contribution in [2.24, 2.45) is 0 Å². The molecule has 0 bridgehead atoms. The largest absolute Gasteiger partial charge is 0.349 e. The summed E-state index contributed by atoms with van der Waals surface area (Å²) in [4.78, 5) is 26.9. The Hall–Kier alpha value is -2.10. The molecule has 100 valence electrons. The van der Waals surface area contributed by atoms with Gasteiger partial charge in [0.25, 0.3) is 0 Å². The van der Waals surface area contributed by atoms with Crippen molar-refractivity contribution in [2.75, 3.05) is 14.1 Å². The summed E-state index contributed by atoms with van der Waals surface area (Å²) in [5, 5.41) is 0. The van der Waals surface area contributed by atoms with E-state index in [0.717, 1.165) is 11.1 Å². The summed E-state index contributed by atoms with van der Waals surface area (Å²) in [6, 6.07) is 7.65. The second-order valence-electron chi connectivity index (χ2n) is 4.88. The van der Waals surface area contributed by atoms with Crippen LogP contribution in [0.15, 0.2) is 30.5 Å². The average molecular weight is 258 g/mol. The summed E-state index contributed by atoms with van der Waals surface area (Å²) in [6.45, 7) is 1.52. The molecule has 2 amide bonds. The number of hydrogen-bond acceptors (Lipinski definition) is 2. The number of carbonyl (C=O) groups excluding carboxylic acids is 2. The quantitative estimate of drug-likeness (QED) is 0.814. The molecule has 1 heterocycles. The zero-order valence-electron chi connectivity index (χ0n) is 11.5. The van der Waals surface area contributed by atoms with Gasteiger partial charge in [-0.3, -0.25) is 9.59 Å². The Balaban J connectivity index is 2.37. The average Bonchev–Trinajstić information content (AvgIpc) is 2.38. The monoisotopic (exact) mass is 258 g/mol. The SMILES string of the molecule is CC(=O)N1C=Cc2ccccc2[C@@H]1CC(=O)N(C)C. The third-order valence-corrected chi connectivity index (χ3v) is 3.34. The lowest BCUT2D eigenvalue weighted by atomic mass is 9.93. The van der Waals surface area contributed by atoms with Crippen LogP contribution in [-0.2, 0) is 9.59 Å². The van der Waals surface area contributed by atoms with Crippen molar-refractivity contribution >= 4 is 17.9 Å². The highest BCUT2D eigenvalue weighted by atomic mass is 16.2. The van der Waals surface area contributed by atoms with Gasteiger partial charge in [0.15, 0.2) is 0 Å². The Morgan fingerprint density at radius 1 is 1.26 bits per heavy atom. The van der Waals surface area contributed by atoms with Gasteiger partial charge in [-0.15, -0.1) is 0 Å². The zero-order chi connectivity index (χ0) is 14.0. The minimum Gasteiger partial charge on any atom is -0.349 e. The van der Waals surface area contributed by atoms with E-state index in [1.54, 1.807) is 30.1 Å². The number of amides is 2. The Labute approximate surface area is 113 Å². The summed E-state index contributed by atoms with van der Waals surface area (Å²) in [7, 11) is 3.45. The molecule has 1 atom stereocenters. The molecule has 0 radical (unpaired) electrons. The Morgan fingerprint density at radius 2 is 1.95 bits per heavy atom. The van der Waals surface area contributed by atoms with Crippen molar-refractivity contribution in [1.82, 2.24) is 9.80 Å². The fourth-order valence-electron chi connectivity index (χ4n) is 2.26. The van der Waals surface area contributed by atoms with Crippen LogP contribution in [0.25, 0.3) is 6.08 Å². The van der Waals surface area contributed by atoms with Crippen molar-refractivity contribution in [3.8, 4) is 0 Å². The molecule has 1 aromatic rings. The molecule has 0 N–H and O–H groups in total. The van der Waals surface area contributed by atoms with Crippen molar-refractivity contribution in [3.05, 3.63) is 41.6 Å². The van der Waals surface area contributed by atoms with Crippen LogP contribution in [0.4, 0.5) is 0 Å². The van der Waals surface area contributed by atoms with E-state index in [1.807, 2.05) is 30.3 Å². The minimum atomic E-state index is -0.214. The second-order valence-corrected chi connectivity index (χ2v) is 4.88. The molecule has 0 saturated carbocycles. The molecule has 0 spiro atoms. The fraction of sp³-hybridized carbons (Fsp3) is 0.333. The topological polar surface area (TPSA) is 40.6 Å². The summed E-state index contributed by atoms with van der Waals surface area (Å²) < 4.78 is 0. The molecule has 1 aliphatic rings. The first-order valence-electron chi connectivity index (χ1n) is 6.27. The van der Waals surface area contributed by atoms with Crippen molar-refractivity contribution in [2.45, 2.75) is 19.4 Å². The molecule has 0 fully saturated rings. The molecule has 0 aliphatic carbocycles. The molecular weight excluding hydrogens is 240 g/mol. The Kier molecular flexibility index (Phi) is 3.69. The van der Waals surface area contributed by atoms with E-state index in [1.165, 1.54) is 6.92 Å². The van der Waals surface area contributed by atoms with Gasteiger partial charge in [-0.25, -0.2) is 0 Å². The molecule has 1 aliphatic heterocycles. The minimum absolute atomic E-state index is 0.0151. The number of hydrogen-bond donors (Lipinski definition) is 0. The van der Waals surface area contributed by atoms with Crippen LogP contribution in [0.3, 0.4) is 0 Å². The first-order valence-corrected chi connectivity index (χ1v) is 6.27. The van der Waals surface area contributed by atoms with Gasteiger partial charge in [0.2, 0.25) is 11.8 Å². The van der Waals surface area contributed by atoms with Crippen molar-refractivity contribution < 1.29 is 9.59 Å². The molecule has 0 saturated heterocycles. The Bertz CT molecular complexity index is 535. The van der Waals surface area contributed by atoms with Crippen molar-refractivity contribution in [3.63, 3.8) is 0 Å². The van der Waals surface area contributed by atoms with Gasteiger partial charge >= 0.3 is 0 Å². The predicted octanol–water partition coefficient (Wildman–Crippen LogP) is 2.04. The van der Waals surface area contributed by atoms with E-state index in [2.05, 4.69) is 0 Å². The van der Waals surface area contributed by atoms with Gasteiger partial charge in [0.05, 0.1) is 12.5 Å². The van der Waals surface area contributed by atoms with E-state index in [9.17, 15) is 9.59 Å². The highest BCUT2D eigenvalue weighted by Gasteiger charge is 2.28. The summed E-state index contributed by atoms with van der Waals surface area (Å²) in [6.07, 6.45) is 3.97. The molecule has 4 heteroatoms. The maximum atomic E-state index is 12.0. The van der Waals surface area contributed by atoms with Crippen LogP contribution in [0, 0.1) is 0 Å². The molecule has 19 heavy (non-hydrogen) atoms. The highest BCUT2D eigenvalue weighted by Crippen LogP contribution is 2.32. The summed E-state index contributed by atoms with van der Waals surface area (Å²) in [5.41, 5.74) is 2.09. The molecule has 0 aromatic heterocycles. The lowest BCUT2D eigenvalue weighted by Crippen LogP contribution is -2.34. The standard InChI is InChI=1S/C15H18N2O2/c1-11(18)17-9-8-12-6-4-5-7-13(12)14(17)10-15(19)16(2)3/h4-9,14H,10H2,1-3H3/t14-/m0/s1. The molecule has 0 unspecified atom stereocenters. The zero-order valence-corrected chi connectivity index (χ0v) is 11.5. The number of benzene rings is 1. The first kappa shape index (κ1) is 13.3. The van der Waals surface area contributed by atoms with E-state index < -0.39 is 0 Å². The van der Waals surface area contributed by atoms with Gasteiger partial charge in [0, 0.05) is 27.2 Å². The normalized spacial score (nSPS) is 17.0. The van der Waals surface area contributed by atoms with Crippen LogP contribution in [-0.4, -0.2) is 35.7 Å². The second kappa shape index (κ2) is 5.26. The maximum Gasteiger partial charge on any atom is 0.224 e. The summed E-state index contributed by atoms with van der Waals surface area (Å²) in [5.74, 6) is -0.0383. The van der Waals surface area contributed by atoms with Crippen LogP contribution < -0.4 is 0 Å². The smallest absolute Gasteiger partial charge is 0.224 e.